The van der Waals surface area contributed by atoms with Gasteiger partial charge in [0.1, 0.15) is 0 Å². The van der Waals surface area contributed by atoms with E-state index in [2.05, 4.69) is 48.5 Å². The lowest BCUT2D eigenvalue weighted by Crippen LogP contribution is -2.52. The second-order valence-electron chi connectivity index (χ2n) is 14.0. The summed E-state index contributed by atoms with van der Waals surface area (Å²) in [6.07, 6.45) is 16.0. The zero-order valence-electron chi connectivity index (χ0n) is 22.6. The van der Waals surface area contributed by atoms with E-state index in [1.54, 1.807) is 0 Å². The molecule has 4 rings (SSSR count). The molecule has 0 heterocycles. The van der Waals surface area contributed by atoms with E-state index in [4.69, 9.17) is 0 Å². The average Bonchev–Trinajstić information content (AvgIpc) is 3.07. The molecule has 32 heavy (non-hydrogen) atoms. The van der Waals surface area contributed by atoms with Gasteiger partial charge in [0.25, 0.3) is 0 Å². The lowest BCUT2D eigenvalue weighted by atomic mass is 9.46. The van der Waals surface area contributed by atoms with Crippen molar-refractivity contribution in [3.8, 4) is 0 Å². The summed E-state index contributed by atoms with van der Waals surface area (Å²) in [6.45, 7) is 17.3. The van der Waals surface area contributed by atoms with E-state index in [9.17, 15) is 5.11 Å². The van der Waals surface area contributed by atoms with E-state index in [-0.39, 0.29) is 6.10 Å². The van der Waals surface area contributed by atoms with Gasteiger partial charge < -0.3 is 5.11 Å². The molecule has 0 spiro atoms. The molecule has 1 nitrogen and oxygen atoms in total. The molecular formula is C31H54O. The Labute approximate surface area is 200 Å². The molecule has 3 fully saturated rings. The van der Waals surface area contributed by atoms with Crippen molar-refractivity contribution >= 4 is 0 Å². The molecule has 0 aromatic carbocycles. The van der Waals surface area contributed by atoms with E-state index in [1.807, 2.05) is 11.1 Å². The molecule has 0 radical (unpaired) electrons. The first kappa shape index (κ1) is 24.8. The quantitative estimate of drug-likeness (QED) is 0.390. The van der Waals surface area contributed by atoms with Crippen LogP contribution in [0.2, 0.25) is 0 Å². The predicted octanol–water partition coefficient (Wildman–Crippen LogP) is 8.81. The lowest BCUT2D eigenvalue weighted by Gasteiger charge is -2.59. The normalized spacial score (nSPS) is 42.8. The topological polar surface area (TPSA) is 20.2 Å². The Morgan fingerprint density at radius 1 is 0.875 bits per heavy atom. The standard InChI is InChI=1S/C31H54O/c1-20(2)9-8-10-22(5)25-13-14-26-23-11-12-27-24(19-21(3)4)29(32)16-18-31(27,7)28(23)15-17-30(25,26)6/h20-22,24-25,27-29,32H,8-19H2,1-7H3/t22-,24?,25-,27?,28+,29+,30-,31+/m1/s1. The second kappa shape index (κ2) is 9.39. The number of allylic oxidation sites excluding steroid dienone is 2. The fourth-order valence-corrected chi connectivity index (χ4v) is 9.60. The number of aliphatic hydroxyl groups is 1. The fraction of sp³-hybridized carbons (Fsp3) is 0.935. The van der Waals surface area contributed by atoms with Crippen LogP contribution in [0.5, 0.6) is 0 Å². The molecular weight excluding hydrogens is 388 g/mol. The summed E-state index contributed by atoms with van der Waals surface area (Å²) < 4.78 is 0. The van der Waals surface area contributed by atoms with Gasteiger partial charge in [-0.05, 0) is 110 Å². The van der Waals surface area contributed by atoms with Crippen LogP contribution >= 0.6 is 0 Å². The van der Waals surface area contributed by atoms with Crippen molar-refractivity contribution in [2.75, 3.05) is 0 Å². The van der Waals surface area contributed by atoms with E-state index >= 15 is 0 Å². The molecule has 2 unspecified atom stereocenters. The monoisotopic (exact) mass is 442 g/mol. The highest BCUT2D eigenvalue weighted by atomic mass is 16.3. The highest BCUT2D eigenvalue weighted by Gasteiger charge is 2.57. The Morgan fingerprint density at radius 3 is 2.31 bits per heavy atom. The van der Waals surface area contributed by atoms with Crippen LogP contribution in [0.4, 0.5) is 0 Å². The second-order valence-corrected chi connectivity index (χ2v) is 14.0. The van der Waals surface area contributed by atoms with Gasteiger partial charge in [-0.2, -0.15) is 0 Å². The number of hydrogen-bond donors (Lipinski definition) is 1. The largest absolute Gasteiger partial charge is 0.393 e. The zero-order chi connectivity index (χ0) is 23.3. The van der Waals surface area contributed by atoms with Crippen molar-refractivity contribution in [2.24, 2.45) is 52.3 Å². The molecule has 0 aliphatic heterocycles. The van der Waals surface area contributed by atoms with Gasteiger partial charge in [-0.25, -0.2) is 0 Å². The van der Waals surface area contributed by atoms with Crippen LogP contribution in [0.15, 0.2) is 11.1 Å². The minimum absolute atomic E-state index is 0.0546. The molecule has 1 N–H and O–H groups in total. The zero-order valence-corrected chi connectivity index (χ0v) is 22.6. The molecule has 0 aromatic rings. The molecule has 1 heteroatoms. The van der Waals surface area contributed by atoms with Gasteiger partial charge in [0.15, 0.2) is 0 Å². The van der Waals surface area contributed by atoms with Crippen LogP contribution < -0.4 is 0 Å². The number of aliphatic hydroxyl groups excluding tert-OH is 1. The van der Waals surface area contributed by atoms with Crippen LogP contribution in [0.3, 0.4) is 0 Å². The molecule has 8 atom stereocenters. The maximum Gasteiger partial charge on any atom is 0.0571 e. The number of rotatable bonds is 7. The van der Waals surface area contributed by atoms with Crippen LogP contribution in [0.25, 0.3) is 0 Å². The fourth-order valence-electron chi connectivity index (χ4n) is 9.60. The van der Waals surface area contributed by atoms with Gasteiger partial charge in [0, 0.05) is 0 Å². The Balaban J connectivity index is 1.55. The van der Waals surface area contributed by atoms with Crippen molar-refractivity contribution in [2.45, 2.75) is 132 Å². The third-order valence-corrected chi connectivity index (χ3v) is 11.2. The average molecular weight is 443 g/mol. The van der Waals surface area contributed by atoms with Gasteiger partial charge in [0.05, 0.1) is 6.10 Å². The Kier molecular flexibility index (Phi) is 7.28. The van der Waals surface area contributed by atoms with Gasteiger partial charge in [0.2, 0.25) is 0 Å². The Bertz CT molecular complexity index is 689. The van der Waals surface area contributed by atoms with Gasteiger partial charge in [-0.1, -0.05) is 78.9 Å². The molecule has 0 amide bonds. The maximum atomic E-state index is 10.9. The summed E-state index contributed by atoms with van der Waals surface area (Å²) in [4.78, 5) is 0. The molecule has 4 aliphatic carbocycles. The van der Waals surface area contributed by atoms with Crippen molar-refractivity contribution in [1.82, 2.24) is 0 Å². The predicted molar refractivity (Wildman–Crippen MR) is 137 cm³/mol. The molecule has 0 saturated heterocycles. The smallest absolute Gasteiger partial charge is 0.0571 e. The van der Waals surface area contributed by atoms with E-state index in [0.717, 1.165) is 36.0 Å². The first-order valence-corrected chi connectivity index (χ1v) is 14.5. The highest BCUT2D eigenvalue weighted by Crippen LogP contribution is 2.66. The summed E-state index contributed by atoms with van der Waals surface area (Å²) in [5.41, 5.74) is 4.77. The van der Waals surface area contributed by atoms with Gasteiger partial charge in [-0.3, -0.25) is 0 Å². The third kappa shape index (κ3) is 4.27. The molecule has 184 valence electrons. The maximum absolute atomic E-state index is 10.9. The molecule has 4 aliphatic rings. The van der Waals surface area contributed by atoms with Crippen molar-refractivity contribution in [3.05, 3.63) is 11.1 Å². The van der Waals surface area contributed by atoms with Gasteiger partial charge in [-0.15, -0.1) is 0 Å². The van der Waals surface area contributed by atoms with Crippen molar-refractivity contribution < 1.29 is 5.11 Å². The SMILES string of the molecule is CC(C)CCC[C@@H](C)[C@H]1CCC2=C3CCC4C(CC(C)C)[C@@H](O)CC[C@]4(C)[C@H]3CC[C@@]21C. The first-order valence-electron chi connectivity index (χ1n) is 14.5. The molecule has 0 aromatic heterocycles. The van der Waals surface area contributed by atoms with Crippen LogP contribution in [-0.4, -0.2) is 11.2 Å². The summed E-state index contributed by atoms with van der Waals surface area (Å²) in [5, 5.41) is 10.9. The summed E-state index contributed by atoms with van der Waals surface area (Å²) >= 11 is 0. The van der Waals surface area contributed by atoms with E-state index < -0.39 is 0 Å². The van der Waals surface area contributed by atoms with Crippen molar-refractivity contribution in [3.63, 3.8) is 0 Å². The Hall–Kier alpha value is -0.300. The Morgan fingerprint density at radius 2 is 1.62 bits per heavy atom. The first-order chi connectivity index (χ1) is 15.1. The summed E-state index contributed by atoms with van der Waals surface area (Å²) in [7, 11) is 0. The minimum atomic E-state index is -0.0546. The third-order valence-electron chi connectivity index (χ3n) is 11.2. The molecule has 3 saturated carbocycles. The number of hydrogen-bond acceptors (Lipinski definition) is 1. The van der Waals surface area contributed by atoms with Crippen LogP contribution in [0.1, 0.15) is 126 Å². The van der Waals surface area contributed by atoms with E-state index in [0.29, 0.717) is 22.7 Å². The summed E-state index contributed by atoms with van der Waals surface area (Å²) in [5.74, 6) is 5.40. The van der Waals surface area contributed by atoms with Gasteiger partial charge >= 0.3 is 0 Å². The van der Waals surface area contributed by atoms with Crippen LogP contribution in [-0.2, 0) is 0 Å². The highest BCUT2D eigenvalue weighted by molar-refractivity contribution is 5.35. The van der Waals surface area contributed by atoms with E-state index in [1.165, 1.54) is 70.6 Å². The molecule has 0 bridgehead atoms. The van der Waals surface area contributed by atoms with Crippen molar-refractivity contribution in [1.29, 1.82) is 0 Å². The summed E-state index contributed by atoms with van der Waals surface area (Å²) in [6, 6.07) is 0. The minimum Gasteiger partial charge on any atom is -0.393 e. The number of fused-ring (bicyclic) bond motifs is 4. The lowest BCUT2D eigenvalue weighted by molar-refractivity contribution is -0.0902. The van der Waals surface area contributed by atoms with Crippen LogP contribution in [0, 0.1) is 52.3 Å².